The first-order chi connectivity index (χ1) is 19.9. The molecule has 0 amide bonds. The maximum Gasteiger partial charge on any atom is 0.422 e. The molecule has 0 N–H and O–H groups in total. The highest BCUT2D eigenvalue weighted by molar-refractivity contribution is 5.84. The number of hydrogen-bond acceptors (Lipinski definition) is 2. The molecule has 0 unspecified atom stereocenters. The topological polar surface area (TPSA) is 18.5 Å². The van der Waals surface area contributed by atoms with Gasteiger partial charge in [-0.1, -0.05) is 114 Å². The highest BCUT2D eigenvalue weighted by Crippen LogP contribution is 2.43. The van der Waals surface area contributed by atoms with Gasteiger partial charge in [0, 0.05) is 5.56 Å². The molecule has 0 radical (unpaired) electrons. The quantitative estimate of drug-likeness (QED) is 0.111. The van der Waals surface area contributed by atoms with E-state index in [4.69, 9.17) is 9.47 Å². The molecule has 0 heterocycles. The van der Waals surface area contributed by atoms with Crippen LogP contribution in [0, 0.1) is 5.82 Å². The van der Waals surface area contributed by atoms with Crippen LogP contribution in [0.25, 0.3) is 22.3 Å². The Kier molecular flexibility index (Phi) is 13.5. The van der Waals surface area contributed by atoms with Crippen molar-refractivity contribution < 1.29 is 27.0 Å². The molecule has 0 fully saturated rings. The largest absolute Gasteiger partial charge is 0.494 e. The number of alkyl halides is 3. The van der Waals surface area contributed by atoms with Crippen molar-refractivity contribution in [1.29, 1.82) is 0 Å². The van der Waals surface area contributed by atoms with E-state index in [2.05, 4.69) is 13.8 Å². The molecular formula is C35H44F4O2. The summed E-state index contributed by atoms with van der Waals surface area (Å²) in [6.07, 6.45) is 8.09. The van der Waals surface area contributed by atoms with Crippen LogP contribution in [0.2, 0.25) is 0 Å². The Balaban J connectivity index is 1.74. The fourth-order valence-electron chi connectivity index (χ4n) is 4.99. The van der Waals surface area contributed by atoms with E-state index in [1.54, 1.807) is 24.3 Å². The van der Waals surface area contributed by atoms with Gasteiger partial charge in [-0.2, -0.15) is 13.2 Å². The summed E-state index contributed by atoms with van der Waals surface area (Å²) in [6, 6.07) is 17.0. The molecule has 0 aliphatic rings. The molecule has 0 saturated carbocycles. The standard InChI is InChI=1S/C35H44F4O2/c1-3-5-7-9-11-15-25-40-28-21-19-27(20-22-28)29-17-13-14-18-30(29)31-23-24-32(33(34(31)36)35(37,38)39)41-26-16-12-10-8-6-4-2/h13-14,17-24H,3-12,15-16,25-26H2,1-2H3. The van der Waals surface area contributed by atoms with Crippen LogP contribution in [0.15, 0.2) is 60.7 Å². The van der Waals surface area contributed by atoms with Gasteiger partial charge in [-0.25, -0.2) is 4.39 Å². The van der Waals surface area contributed by atoms with Crippen molar-refractivity contribution in [3.63, 3.8) is 0 Å². The fourth-order valence-corrected chi connectivity index (χ4v) is 4.99. The lowest BCUT2D eigenvalue weighted by Crippen LogP contribution is -2.13. The summed E-state index contributed by atoms with van der Waals surface area (Å²) in [4.78, 5) is 0. The van der Waals surface area contributed by atoms with Gasteiger partial charge in [-0.05, 0) is 53.8 Å². The summed E-state index contributed by atoms with van der Waals surface area (Å²) in [5.41, 5.74) is 0.336. The van der Waals surface area contributed by atoms with Gasteiger partial charge in [0.15, 0.2) is 0 Å². The first-order valence-electron chi connectivity index (χ1n) is 15.2. The second-order valence-corrected chi connectivity index (χ2v) is 10.6. The van der Waals surface area contributed by atoms with E-state index in [0.29, 0.717) is 24.2 Å². The number of unbranched alkanes of at least 4 members (excludes halogenated alkanes) is 10. The summed E-state index contributed by atoms with van der Waals surface area (Å²) in [5.74, 6) is -1.04. The van der Waals surface area contributed by atoms with Crippen molar-refractivity contribution in [2.75, 3.05) is 13.2 Å². The molecule has 0 saturated heterocycles. The van der Waals surface area contributed by atoms with Crippen LogP contribution >= 0.6 is 0 Å². The maximum atomic E-state index is 15.6. The van der Waals surface area contributed by atoms with E-state index < -0.39 is 23.3 Å². The Hall–Kier alpha value is -3.02. The van der Waals surface area contributed by atoms with Gasteiger partial charge >= 0.3 is 6.18 Å². The molecule has 3 aromatic rings. The lowest BCUT2D eigenvalue weighted by molar-refractivity contribution is -0.141. The van der Waals surface area contributed by atoms with Gasteiger partial charge in [0.1, 0.15) is 22.9 Å². The van der Waals surface area contributed by atoms with E-state index >= 15 is 4.39 Å². The molecule has 3 rings (SSSR count). The zero-order chi connectivity index (χ0) is 29.5. The molecule has 0 spiro atoms. The number of halogens is 4. The number of hydrogen-bond donors (Lipinski definition) is 0. The molecule has 0 aliphatic carbocycles. The van der Waals surface area contributed by atoms with E-state index in [0.717, 1.165) is 56.3 Å². The fraction of sp³-hybridized carbons (Fsp3) is 0.486. The lowest BCUT2D eigenvalue weighted by Gasteiger charge is -2.18. The third-order valence-corrected chi connectivity index (χ3v) is 7.29. The minimum absolute atomic E-state index is 0.108. The summed E-state index contributed by atoms with van der Waals surface area (Å²) in [5, 5.41) is 0. The Morgan fingerprint density at radius 2 is 1.10 bits per heavy atom. The van der Waals surface area contributed by atoms with E-state index in [-0.39, 0.29) is 12.2 Å². The Morgan fingerprint density at radius 3 is 1.68 bits per heavy atom. The van der Waals surface area contributed by atoms with Crippen LogP contribution in [0.1, 0.15) is 96.5 Å². The second kappa shape index (κ2) is 17.1. The average Bonchev–Trinajstić information content (AvgIpc) is 2.96. The van der Waals surface area contributed by atoms with Crippen molar-refractivity contribution in [2.45, 2.75) is 97.1 Å². The van der Waals surface area contributed by atoms with Crippen molar-refractivity contribution >= 4 is 0 Å². The Morgan fingerprint density at radius 1 is 0.561 bits per heavy atom. The van der Waals surface area contributed by atoms with Crippen molar-refractivity contribution in [3.8, 4) is 33.8 Å². The van der Waals surface area contributed by atoms with Gasteiger partial charge in [0.25, 0.3) is 0 Å². The predicted octanol–water partition coefficient (Wildman–Crippen LogP) is 11.7. The molecule has 6 heteroatoms. The molecule has 0 aliphatic heterocycles. The van der Waals surface area contributed by atoms with Crippen LogP contribution in [0.5, 0.6) is 11.5 Å². The van der Waals surface area contributed by atoms with E-state index in [1.807, 2.05) is 24.3 Å². The summed E-state index contributed by atoms with van der Waals surface area (Å²) >= 11 is 0. The molecule has 0 atom stereocenters. The monoisotopic (exact) mass is 572 g/mol. The van der Waals surface area contributed by atoms with Gasteiger partial charge in [0.2, 0.25) is 0 Å². The third-order valence-electron chi connectivity index (χ3n) is 7.29. The van der Waals surface area contributed by atoms with E-state index in [1.165, 1.54) is 37.8 Å². The first kappa shape index (κ1) is 32.5. The summed E-state index contributed by atoms with van der Waals surface area (Å²) in [7, 11) is 0. The zero-order valence-electron chi connectivity index (χ0n) is 24.5. The van der Waals surface area contributed by atoms with Crippen molar-refractivity contribution in [1.82, 2.24) is 0 Å². The third kappa shape index (κ3) is 10.1. The smallest absolute Gasteiger partial charge is 0.422 e. The van der Waals surface area contributed by atoms with Crippen LogP contribution in [-0.2, 0) is 6.18 Å². The molecule has 0 bridgehead atoms. The number of benzene rings is 3. The van der Waals surface area contributed by atoms with Gasteiger partial charge < -0.3 is 9.47 Å². The van der Waals surface area contributed by atoms with Gasteiger partial charge in [-0.3, -0.25) is 0 Å². The summed E-state index contributed by atoms with van der Waals surface area (Å²) in [6.45, 7) is 5.09. The van der Waals surface area contributed by atoms with Gasteiger partial charge in [-0.15, -0.1) is 0 Å². The average molecular weight is 573 g/mol. The normalized spacial score (nSPS) is 11.6. The SMILES string of the molecule is CCCCCCCCOc1ccc(-c2ccccc2-c2ccc(OCCCCCCCC)c(C(F)(F)F)c2F)cc1. The second-order valence-electron chi connectivity index (χ2n) is 10.6. The Labute approximate surface area is 243 Å². The van der Waals surface area contributed by atoms with Crippen LogP contribution in [-0.4, -0.2) is 13.2 Å². The Bertz CT molecular complexity index is 1170. The van der Waals surface area contributed by atoms with Crippen molar-refractivity contribution in [3.05, 3.63) is 72.0 Å². The maximum absolute atomic E-state index is 15.6. The van der Waals surface area contributed by atoms with Crippen molar-refractivity contribution in [2.24, 2.45) is 0 Å². The predicted molar refractivity (Wildman–Crippen MR) is 160 cm³/mol. The minimum atomic E-state index is -4.89. The molecule has 2 nitrogen and oxygen atoms in total. The lowest BCUT2D eigenvalue weighted by atomic mass is 9.93. The van der Waals surface area contributed by atoms with Gasteiger partial charge in [0.05, 0.1) is 13.2 Å². The highest BCUT2D eigenvalue weighted by atomic mass is 19.4. The van der Waals surface area contributed by atoms with Crippen LogP contribution in [0.4, 0.5) is 17.6 Å². The van der Waals surface area contributed by atoms with E-state index in [9.17, 15) is 13.2 Å². The molecule has 3 aromatic carbocycles. The molecular weight excluding hydrogens is 528 g/mol. The first-order valence-corrected chi connectivity index (χ1v) is 15.2. The number of ether oxygens (including phenoxy) is 2. The molecule has 0 aromatic heterocycles. The number of rotatable bonds is 18. The van der Waals surface area contributed by atoms with Crippen LogP contribution in [0.3, 0.4) is 0 Å². The molecule has 224 valence electrons. The zero-order valence-corrected chi connectivity index (χ0v) is 24.5. The van der Waals surface area contributed by atoms with Crippen LogP contribution < -0.4 is 9.47 Å². The molecule has 41 heavy (non-hydrogen) atoms. The summed E-state index contributed by atoms with van der Waals surface area (Å²) < 4.78 is 69.1. The highest BCUT2D eigenvalue weighted by Gasteiger charge is 2.39. The minimum Gasteiger partial charge on any atom is -0.494 e.